The van der Waals surface area contributed by atoms with Gasteiger partial charge in [0.2, 0.25) is 0 Å². The summed E-state index contributed by atoms with van der Waals surface area (Å²) in [5.74, 6) is 1.97. The van der Waals surface area contributed by atoms with E-state index >= 15 is 0 Å². The van der Waals surface area contributed by atoms with E-state index in [1.165, 1.54) is 18.2 Å². The highest BCUT2D eigenvalue weighted by Crippen LogP contribution is 2.29. The van der Waals surface area contributed by atoms with E-state index in [0.29, 0.717) is 0 Å². The first-order valence-corrected chi connectivity index (χ1v) is 4.05. The number of para-hydroxylation sites is 2. The second kappa shape index (κ2) is 4.60. The topological polar surface area (TPSA) is 21.3 Å². The molecule has 80 valence electrons. The van der Waals surface area contributed by atoms with Crippen LogP contribution in [0, 0.1) is 12.3 Å². The molecule has 0 saturated heterocycles. The number of ether oxygens (including phenoxy) is 1. The van der Waals surface area contributed by atoms with Crippen molar-refractivity contribution in [1.82, 2.24) is 0 Å². The zero-order chi connectivity index (χ0) is 11.3. The van der Waals surface area contributed by atoms with Crippen LogP contribution in [0.25, 0.3) is 0 Å². The molecule has 1 N–H and O–H groups in total. The van der Waals surface area contributed by atoms with Gasteiger partial charge in [-0.25, -0.2) is 0 Å². The predicted molar refractivity (Wildman–Crippen MR) is 50.4 cm³/mol. The van der Waals surface area contributed by atoms with Crippen molar-refractivity contribution in [2.45, 2.75) is 6.36 Å². The molecule has 1 aromatic carbocycles. The maximum Gasteiger partial charge on any atom is 0.573 e. The minimum Gasteiger partial charge on any atom is -0.404 e. The Labute approximate surface area is 85.1 Å². The third kappa shape index (κ3) is 3.81. The van der Waals surface area contributed by atoms with Gasteiger partial charge in [0.1, 0.15) is 0 Å². The largest absolute Gasteiger partial charge is 0.573 e. The maximum atomic E-state index is 12.0. The first-order chi connectivity index (χ1) is 7.03. The van der Waals surface area contributed by atoms with Crippen molar-refractivity contribution in [2.75, 3.05) is 11.9 Å². The van der Waals surface area contributed by atoms with Crippen LogP contribution in [0.15, 0.2) is 24.3 Å². The molecule has 1 rings (SSSR count). The van der Waals surface area contributed by atoms with Gasteiger partial charge in [0.25, 0.3) is 0 Å². The first kappa shape index (κ1) is 11.2. The van der Waals surface area contributed by atoms with E-state index in [4.69, 9.17) is 6.42 Å². The maximum absolute atomic E-state index is 12.0. The molecule has 0 spiro atoms. The van der Waals surface area contributed by atoms with Crippen molar-refractivity contribution in [3.05, 3.63) is 24.3 Å². The van der Waals surface area contributed by atoms with Gasteiger partial charge in [-0.15, -0.1) is 19.6 Å². The fourth-order valence-corrected chi connectivity index (χ4v) is 0.973. The lowest BCUT2D eigenvalue weighted by Gasteiger charge is -2.13. The highest BCUT2D eigenvalue weighted by Gasteiger charge is 2.31. The van der Waals surface area contributed by atoms with E-state index in [2.05, 4.69) is 16.0 Å². The minimum atomic E-state index is -4.70. The van der Waals surface area contributed by atoms with Crippen LogP contribution in [0.3, 0.4) is 0 Å². The average Bonchev–Trinajstić information content (AvgIpc) is 2.14. The first-order valence-electron chi connectivity index (χ1n) is 4.05. The van der Waals surface area contributed by atoms with Crippen molar-refractivity contribution >= 4 is 5.69 Å². The van der Waals surface area contributed by atoms with Gasteiger partial charge in [0.15, 0.2) is 5.75 Å². The Hall–Kier alpha value is -1.83. The Morgan fingerprint density at radius 1 is 1.33 bits per heavy atom. The zero-order valence-corrected chi connectivity index (χ0v) is 7.64. The van der Waals surface area contributed by atoms with Crippen LogP contribution in [0.1, 0.15) is 0 Å². The molecule has 0 saturated carbocycles. The number of nitrogens with one attached hydrogen (secondary N) is 1. The predicted octanol–water partition coefficient (Wildman–Crippen LogP) is 2.63. The monoisotopic (exact) mass is 215 g/mol. The van der Waals surface area contributed by atoms with Gasteiger partial charge in [-0.05, 0) is 12.1 Å². The summed E-state index contributed by atoms with van der Waals surface area (Å²) in [5.41, 5.74) is 0.216. The molecule has 0 aliphatic carbocycles. The summed E-state index contributed by atoms with van der Waals surface area (Å²) in [7, 11) is 0. The lowest BCUT2D eigenvalue weighted by Crippen LogP contribution is -2.18. The summed E-state index contributed by atoms with van der Waals surface area (Å²) in [6.07, 6.45) is 0.278. The Morgan fingerprint density at radius 2 is 2.00 bits per heavy atom. The van der Waals surface area contributed by atoms with Gasteiger partial charge in [-0.2, -0.15) is 0 Å². The number of hydrogen-bond donors (Lipinski definition) is 1. The number of halogens is 3. The third-order valence-electron chi connectivity index (χ3n) is 1.49. The summed E-state index contributed by atoms with van der Waals surface area (Å²) in [4.78, 5) is 0. The molecule has 0 bridgehead atoms. The number of benzene rings is 1. The van der Waals surface area contributed by atoms with Gasteiger partial charge in [0.05, 0.1) is 12.2 Å². The molecular formula is C10H8F3NO. The Morgan fingerprint density at radius 3 is 2.60 bits per heavy atom. The van der Waals surface area contributed by atoms with Gasteiger partial charge in [-0.3, -0.25) is 0 Å². The SMILES string of the molecule is C#CCNc1ccccc1OC(F)(F)F. The van der Waals surface area contributed by atoms with Crippen LogP contribution in [-0.2, 0) is 0 Å². The van der Waals surface area contributed by atoms with Crippen molar-refractivity contribution < 1.29 is 17.9 Å². The third-order valence-corrected chi connectivity index (χ3v) is 1.49. The van der Waals surface area contributed by atoms with E-state index in [9.17, 15) is 13.2 Å². The summed E-state index contributed by atoms with van der Waals surface area (Å²) in [6, 6.07) is 5.70. The zero-order valence-electron chi connectivity index (χ0n) is 7.64. The molecule has 1 aromatic rings. The van der Waals surface area contributed by atoms with Crippen LogP contribution in [0.4, 0.5) is 18.9 Å². The van der Waals surface area contributed by atoms with Crippen LogP contribution in [-0.4, -0.2) is 12.9 Å². The smallest absolute Gasteiger partial charge is 0.404 e. The van der Waals surface area contributed by atoms with Gasteiger partial charge >= 0.3 is 6.36 Å². The molecule has 0 aliphatic rings. The number of anilines is 1. The second-order valence-electron chi connectivity index (χ2n) is 2.60. The molecule has 0 radical (unpaired) electrons. The normalized spacial score (nSPS) is 10.5. The van der Waals surface area contributed by atoms with E-state index in [1.54, 1.807) is 6.07 Å². The highest BCUT2D eigenvalue weighted by atomic mass is 19.4. The van der Waals surface area contributed by atoms with Crippen molar-refractivity contribution in [3.63, 3.8) is 0 Å². The summed E-state index contributed by atoms with van der Waals surface area (Å²) >= 11 is 0. The number of terminal acetylenes is 1. The molecule has 0 fully saturated rings. The van der Waals surface area contributed by atoms with Crippen LogP contribution in [0.5, 0.6) is 5.75 Å². The molecule has 5 heteroatoms. The second-order valence-corrected chi connectivity index (χ2v) is 2.60. The van der Waals surface area contributed by atoms with Crippen LogP contribution < -0.4 is 10.1 Å². The van der Waals surface area contributed by atoms with Crippen LogP contribution >= 0.6 is 0 Å². The molecule has 0 heterocycles. The Bertz CT molecular complexity index is 368. The minimum absolute atomic E-state index is 0.137. The Balaban J connectivity index is 2.82. The summed E-state index contributed by atoms with van der Waals surface area (Å²) in [6.45, 7) is 0.137. The van der Waals surface area contributed by atoms with Gasteiger partial charge < -0.3 is 10.1 Å². The molecule has 15 heavy (non-hydrogen) atoms. The highest BCUT2D eigenvalue weighted by molar-refractivity contribution is 5.56. The number of rotatable bonds is 3. The molecule has 0 aliphatic heterocycles. The Kier molecular flexibility index (Phi) is 3.45. The molecule has 2 nitrogen and oxygen atoms in total. The lowest BCUT2D eigenvalue weighted by atomic mass is 10.3. The molecule has 0 amide bonds. The lowest BCUT2D eigenvalue weighted by molar-refractivity contribution is -0.274. The van der Waals surface area contributed by atoms with Gasteiger partial charge in [0, 0.05) is 0 Å². The van der Waals surface area contributed by atoms with Crippen molar-refractivity contribution in [2.24, 2.45) is 0 Å². The van der Waals surface area contributed by atoms with E-state index in [-0.39, 0.29) is 18.0 Å². The summed E-state index contributed by atoms with van der Waals surface area (Å²) < 4.78 is 39.7. The van der Waals surface area contributed by atoms with Crippen molar-refractivity contribution in [3.8, 4) is 18.1 Å². The molecular weight excluding hydrogens is 207 g/mol. The number of hydrogen-bond acceptors (Lipinski definition) is 2. The average molecular weight is 215 g/mol. The van der Waals surface area contributed by atoms with E-state index in [1.807, 2.05) is 0 Å². The summed E-state index contributed by atoms with van der Waals surface area (Å²) in [5, 5.41) is 2.62. The fourth-order valence-electron chi connectivity index (χ4n) is 0.973. The molecule has 0 atom stereocenters. The number of alkyl halides is 3. The van der Waals surface area contributed by atoms with Crippen LogP contribution in [0.2, 0.25) is 0 Å². The van der Waals surface area contributed by atoms with E-state index < -0.39 is 6.36 Å². The van der Waals surface area contributed by atoms with E-state index in [0.717, 1.165) is 0 Å². The van der Waals surface area contributed by atoms with Gasteiger partial charge in [-0.1, -0.05) is 18.1 Å². The quantitative estimate of drug-likeness (QED) is 0.782. The molecule has 0 aromatic heterocycles. The fraction of sp³-hybridized carbons (Fsp3) is 0.200. The standard InChI is InChI=1S/C10H8F3NO/c1-2-7-14-8-5-3-4-6-9(8)15-10(11,12)13/h1,3-6,14H,7H2. The molecule has 0 unspecified atom stereocenters. The van der Waals surface area contributed by atoms with Crippen molar-refractivity contribution in [1.29, 1.82) is 0 Å².